The van der Waals surface area contributed by atoms with Crippen molar-refractivity contribution < 1.29 is 8.42 Å². The largest absolute Gasteiger partial charge is 0.356 e. The summed E-state index contributed by atoms with van der Waals surface area (Å²) in [6.07, 6.45) is 0. The number of nitrogens with zero attached hydrogens (tertiary/aromatic N) is 2. The standard InChI is InChI=1S/C10H9BrN2O2S/c1-13-7(5-12)6-16(14,15)9-4-2-3-8(11)10(9)13/h2-4,7H,6H2,1H3. The van der Waals surface area contributed by atoms with Crippen LogP contribution in [0.5, 0.6) is 0 Å². The zero-order chi connectivity index (χ0) is 11.9. The number of hydrogen-bond donors (Lipinski definition) is 0. The van der Waals surface area contributed by atoms with Crippen LogP contribution in [0.4, 0.5) is 5.69 Å². The Hall–Kier alpha value is -1.06. The molecule has 0 saturated carbocycles. The van der Waals surface area contributed by atoms with Gasteiger partial charge in [-0.25, -0.2) is 8.42 Å². The summed E-state index contributed by atoms with van der Waals surface area (Å²) in [5, 5.41) is 8.94. The molecule has 4 nitrogen and oxygen atoms in total. The van der Waals surface area contributed by atoms with Crippen molar-refractivity contribution in [3.05, 3.63) is 22.7 Å². The summed E-state index contributed by atoms with van der Waals surface area (Å²) in [6, 6.07) is 6.39. The van der Waals surface area contributed by atoms with Gasteiger partial charge in [0.2, 0.25) is 0 Å². The molecule has 1 heterocycles. The van der Waals surface area contributed by atoms with Crippen molar-refractivity contribution in [1.82, 2.24) is 0 Å². The maximum absolute atomic E-state index is 11.9. The average Bonchev–Trinajstić information content (AvgIpc) is 2.23. The normalized spacial score (nSPS) is 22.3. The molecule has 6 heteroatoms. The van der Waals surface area contributed by atoms with E-state index in [0.717, 1.165) is 0 Å². The molecule has 16 heavy (non-hydrogen) atoms. The van der Waals surface area contributed by atoms with Gasteiger partial charge in [0.15, 0.2) is 9.84 Å². The Morgan fingerprint density at radius 3 is 2.88 bits per heavy atom. The summed E-state index contributed by atoms with van der Waals surface area (Å²) in [6.45, 7) is 0. The highest BCUT2D eigenvalue weighted by Crippen LogP contribution is 2.37. The third-order valence-corrected chi connectivity index (χ3v) is 5.03. The first-order valence-corrected chi connectivity index (χ1v) is 7.05. The monoisotopic (exact) mass is 300 g/mol. The molecule has 0 N–H and O–H groups in total. The molecular formula is C10H9BrN2O2S. The molecule has 84 valence electrons. The highest BCUT2D eigenvalue weighted by Gasteiger charge is 2.34. The molecule has 1 atom stereocenters. The molecule has 0 spiro atoms. The van der Waals surface area contributed by atoms with E-state index in [0.29, 0.717) is 10.2 Å². The Bertz CT molecular complexity index is 577. The van der Waals surface area contributed by atoms with Crippen LogP contribution in [-0.2, 0) is 9.84 Å². The fraction of sp³-hybridized carbons (Fsp3) is 0.300. The number of para-hydroxylation sites is 1. The fourth-order valence-corrected chi connectivity index (χ4v) is 4.28. The van der Waals surface area contributed by atoms with E-state index in [9.17, 15) is 8.42 Å². The SMILES string of the molecule is CN1c2c(Br)cccc2S(=O)(=O)CC1C#N. The Morgan fingerprint density at radius 1 is 1.56 bits per heavy atom. The van der Waals surface area contributed by atoms with Gasteiger partial charge in [0.25, 0.3) is 0 Å². The third-order valence-electron chi connectivity index (χ3n) is 2.63. The molecule has 0 aromatic heterocycles. The van der Waals surface area contributed by atoms with Gasteiger partial charge in [-0.3, -0.25) is 0 Å². The summed E-state index contributed by atoms with van der Waals surface area (Å²) in [7, 11) is -1.62. The smallest absolute Gasteiger partial charge is 0.183 e. The van der Waals surface area contributed by atoms with Crippen LogP contribution < -0.4 is 4.90 Å². The first-order chi connectivity index (χ1) is 7.47. The van der Waals surface area contributed by atoms with Gasteiger partial charge >= 0.3 is 0 Å². The van der Waals surface area contributed by atoms with E-state index in [1.54, 1.807) is 30.1 Å². The van der Waals surface area contributed by atoms with Crippen LogP contribution in [0.1, 0.15) is 0 Å². The maximum Gasteiger partial charge on any atom is 0.183 e. The van der Waals surface area contributed by atoms with Gasteiger partial charge in [-0.05, 0) is 28.1 Å². The summed E-state index contributed by atoms with van der Waals surface area (Å²) < 4.78 is 24.6. The quantitative estimate of drug-likeness (QED) is 0.729. The van der Waals surface area contributed by atoms with Crippen molar-refractivity contribution in [2.75, 3.05) is 17.7 Å². The second-order valence-corrected chi connectivity index (χ2v) is 6.48. The van der Waals surface area contributed by atoms with E-state index in [1.165, 1.54) is 0 Å². The molecule has 1 unspecified atom stereocenters. The topological polar surface area (TPSA) is 61.2 Å². The van der Waals surface area contributed by atoms with E-state index >= 15 is 0 Å². The molecule has 1 aliphatic heterocycles. The summed E-state index contributed by atoms with van der Waals surface area (Å²) >= 11 is 3.32. The van der Waals surface area contributed by atoms with Crippen LogP contribution in [-0.4, -0.2) is 27.3 Å². The summed E-state index contributed by atoms with van der Waals surface area (Å²) in [5.74, 6) is -0.149. The van der Waals surface area contributed by atoms with Crippen LogP contribution in [0.15, 0.2) is 27.6 Å². The van der Waals surface area contributed by atoms with Crippen molar-refractivity contribution in [3.8, 4) is 6.07 Å². The van der Waals surface area contributed by atoms with Crippen LogP contribution in [0, 0.1) is 11.3 Å². The summed E-state index contributed by atoms with van der Waals surface area (Å²) in [4.78, 5) is 1.98. The number of halogens is 1. The molecule has 0 fully saturated rings. The Balaban J connectivity index is 2.75. The second kappa shape index (κ2) is 3.75. The Kier molecular flexibility index (Phi) is 2.68. The minimum atomic E-state index is -3.35. The van der Waals surface area contributed by atoms with E-state index in [2.05, 4.69) is 15.9 Å². The minimum absolute atomic E-state index is 0.149. The van der Waals surface area contributed by atoms with Gasteiger partial charge in [-0.2, -0.15) is 5.26 Å². The van der Waals surface area contributed by atoms with Crippen LogP contribution in [0.25, 0.3) is 0 Å². The number of anilines is 1. The third kappa shape index (κ3) is 1.60. The molecule has 0 saturated heterocycles. The van der Waals surface area contributed by atoms with Gasteiger partial charge in [0.05, 0.1) is 22.4 Å². The molecule has 0 radical (unpaired) electrons. The zero-order valence-electron chi connectivity index (χ0n) is 8.51. The van der Waals surface area contributed by atoms with Gasteiger partial charge in [0.1, 0.15) is 6.04 Å². The first kappa shape index (κ1) is 11.4. The minimum Gasteiger partial charge on any atom is -0.356 e. The molecule has 1 aromatic carbocycles. The lowest BCUT2D eigenvalue weighted by Crippen LogP contribution is -2.41. The van der Waals surface area contributed by atoms with Crippen molar-refractivity contribution in [2.45, 2.75) is 10.9 Å². The van der Waals surface area contributed by atoms with Crippen molar-refractivity contribution in [2.24, 2.45) is 0 Å². The highest BCUT2D eigenvalue weighted by atomic mass is 79.9. The molecule has 2 rings (SSSR count). The number of rotatable bonds is 0. The predicted octanol–water partition coefficient (Wildman–Crippen LogP) is 1.56. The van der Waals surface area contributed by atoms with Crippen molar-refractivity contribution in [3.63, 3.8) is 0 Å². The first-order valence-electron chi connectivity index (χ1n) is 4.61. The lowest BCUT2D eigenvalue weighted by Gasteiger charge is -2.32. The number of benzene rings is 1. The number of nitriles is 1. The Labute approximate surface area is 103 Å². The maximum atomic E-state index is 11.9. The van der Waals surface area contributed by atoms with E-state index in [4.69, 9.17) is 5.26 Å². The van der Waals surface area contributed by atoms with E-state index < -0.39 is 15.9 Å². The predicted molar refractivity (Wildman–Crippen MR) is 64.0 cm³/mol. The van der Waals surface area contributed by atoms with Crippen LogP contribution in [0.2, 0.25) is 0 Å². The van der Waals surface area contributed by atoms with E-state index in [1.807, 2.05) is 6.07 Å². The average molecular weight is 301 g/mol. The molecule has 1 aliphatic rings. The summed E-state index contributed by atoms with van der Waals surface area (Å²) in [5.41, 5.74) is 0.570. The second-order valence-electron chi connectivity index (χ2n) is 3.62. The van der Waals surface area contributed by atoms with Crippen LogP contribution in [0.3, 0.4) is 0 Å². The molecule has 0 aliphatic carbocycles. The lowest BCUT2D eigenvalue weighted by atomic mass is 10.2. The molecule has 0 amide bonds. The lowest BCUT2D eigenvalue weighted by molar-refractivity contribution is 0.585. The Morgan fingerprint density at radius 2 is 2.25 bits per heavy atom. The number of fused-ring (bicyclic) bond motifs is 1. The number of hydrogen-bond acceptors (Lipinski definition) is 4. The van der Waals surface area contributed by atoms with Crippen LogP contribution >= 0.6 is 15.9 Å². The molecule has 1 aromatic rings. The van der Waals surface area contributed by atoms with Gasteiger partial charge < -0.3 is 4.90 Å². The van der Waals surface area contributed by atoms with Gasteiger partial charge in [0, 0.05) is 11.5 Å². The van der Waals surface area contributed by atoms with E-state index in [-0.39, 0.29) is 10.6 Å². The van der Waals surface area contributed by atoms with Crippen molar-refractivity contribution in [1.29, 1.82) is 5.26 Å². The highest BCUT2D eigenvalue weighted by molar-refractivity contribution is 9.10. The zero-order valence-corrected chi connectivity index (χ0v) is 10.9. The number of sulfone groups is 1. The van der Waals surface area contributed by atoms with Crippen molar-refractivity contribution >= 4 is 31.5 Å². The molecular weight excluding hydrogens is 292 g/mol. The van der Waals surface area contributed by atoms with Gasteiger partial charge in [-0.1, -0.05) is 6.07 Å². The molecule has 0 bridgehead atoms. The fourth-order valence-electron chi connectivity index (χ4n) is 1.78. The van der Waals surface area contributed by atoms with Gasteiger partial charge in [-0.15, -0.1) is 0 Å².